The van der Waals surface area contributed by atoms with Crippen LogP contribution in [0.2, 0.25) is 0 Å². The van der Waals surface area contributed by atoms with Gasteiger partial charge in [0.25, 0.3) is 5.91 Å². The quantitative estimate of drug-likeness (QED) is 0.882. The van der Waals surface area contributed by atoms with Crippen molar-refractivity contribution in [2.45, 2.75) is 25.9 Å². The highest BCUT2D eigenvalue weighted by Gasteiger charge is 2.34. The number of hydrogen-bond donors (Lipinski definition) is 1. The lowest BCUT2D eigenvalue weighted by atomic mass is 10.1. The SMILES string of the molecule is CC(C)NC(=O)C1COCCN1C(=O)c1cc(Br)cn1C. The van der Waals surface area contributed by atoms with E-state index in [2.05, 4.69) is 21.2 Å². The van der Waals surface area contributed by atoms with Gasteiger partial charge in [-0.1, -0.05) is 0 Å². The van der Waals surface area contributed by atoms with Gasteiger partial charge < -0.3 is 19.5 Å². The summed E-state index contributed by atoms with van der Waals surface area (Å²) in [6.45, 7) is 4.88. The zero-order valence-corrected chi connectivity index (χ0v) is 14.0. The lowest BCUT2D eigenvalue weighted by Crippen LogP contribution is -2.57. The molecule has 6 nitrogen and oxygen atoms in total. The first-order valence-electron chi connectivity index (χ1n) is 6.91. The number of ether oxygens (including phenoxy) is 1. The van der Waals surface area contributed by atoms with E-state index in [1.165, 1.54) is 0 Å². The van der Waals surface area contributed by atoms with Crippen molar-refractivity contribution in [3.8, 4) is 0 Å². The first-order chi connectivity index (χ1) is 9.90. The normalized spacial score (nSPS) is 18.9. The number of carbonyl (C=O) groups is 2. The van der Waals surface area contributed by atoms with Crippen LogP contribution < -0.4 is 5.32 Å². The Hall–Kier alpha value is -1.34. The Morgan fingerprint density at radius 1 is 1.48 bits per heavy atom. The Kier molecular flexibility index (Phi) is 5.05. The van der Waals surface area contributed by atoms with Crippen molar-refractivity contribution < 1.29 is 14.3 Å². The summed E-state index contributed by atoms with van der Waals surface area (Å²) in [5.41, 5.74) is 0.547. The van der Waals surface area contributed by atoms with Gasteiger partial charge in [-0.05, 0) is 35.8 Å². The number of halogens is 1. The molecule has 2 heterocycles. The lowest BCUT2D eigenvalue weighted by Gasteiger charge is -2.35. The molecule has 1 unspecified atom stereocenters. The Labute approximate surface area is 132 Å². The van der Waals surface area contributed by atoms with Crippen LogP contribution in [-0.2, 0) is 16.6 Å². The van der Waals surface area contributed by atoms with Crippen molar-refractivity contribution in [3.05, 3.63) is 22.4 Å². The fraction of sp³-hybridized carbons (Fsp3) is 0.571. The molecule has 1 saturated heterocycles. The monoisotopic (exact) mass is 357 g/mol. The van der Waals surface area contributed by atoms with Crippen LogP contribution in [0, 0.1) is 0 Å². The summed E-state index contributed by atoms with van der Waals surface area (Å²) in [7, 11) is 1.81. The highest BCUT2D eigenvalue weighted by molar-refractivity contribution is 9.10. The minimum absolute atomic E-state index is 0.0283. The van der Waals surface area contributed by atoms with Crippen molar-refractivity contribution >= 4 is 27.7 Å². The van der Waals surface area contributed by atoms with Crippen LogP contribution in [0.3, 0.4) is 0 Å². The van der Waals surface area contributed by atoms with Gasteiger partial charge in [0.2, 0.25) is 5.91 Å². The van der Waals surface area contributed by atoms with E-state index < -0.39 is 6.04 Å². The van der Waals surface area contributed by atoms with Gasteiger partial charge in [-0.3, -0.25) is 9.59 Å². The summed E-state index contributed by atoms with van der Waals surface area (Å²) in [5, 5.41) is 2.84. The number of nitrogens with zero attached hydrogens (tertiary/aromatic N) is 2. The summed E-state index contributed by atoms with van der Waals surface area (Å²) in [4.78, 5) is 26.5. The number of nitrogens with one attached hydrogen (secondary N) is 1. The lowest BCUT2D eigenvalue weighted by molar-refractivity contribution is -0.131. The van der Waals surface area contributed by atoms with Crippen molar-refractivity contribution in [2.75, 3.05) is 19.8 Å². The Morgan fingerprint density at radius 3 is 2.76 bits per heavy atom. The summed E-state index contributed by atoms with van der Waals surface area (Å²) in [5.74, 6) is -0.332. The molecule has 1 fully saturated rings. The molecular weight excluding hydrogens is 338 g/mol. The van der Waals surface area contributed by atoms with Crippen LogP contribution in [0.4, 0.5) is 0 Å². The molecule has 2 rings (SSSR count). The first-order valence-corrected chi connectivity index (χ1v) is 7.70. The number of rotatable bonds is 3. The molecular formula is C14H20BrN3O3. The third-order valence-corrected chi connectivity index (χ3v) is 3.75. The van der Waals surface area contributed by atoms with Gasteiger partial charge in [-0.15, -0.1) is 0 Å². The molecule has 0 aliphatic carbocycles. The second-order valence-electron chi connectivity index (χ2n) is 5.41. The van der Waals surface area contributed by atoms with E-state index in [-0.39, 0.29) is 24.5 Å². The molecule has 21 heavy (non-hydrogen) atoms. The smallest absolute Gasteiger partial charge is 0.271 e. The minimum Gasteiger partial charge on any atom is -0.377 e. The average molecular weight is 358 g/mol. The Bertz CT molecular complexity index is 542. The fourth-order valence-corrected chi connectivity index (χ4v) is 2.85. The van der Waals surface area contributed by atoms with E-state index in [4.69, 9.17) is 4.74 Å². The molecule has 0 saturated carbocycles. The van der Waals surface area contributed by atoms with Crippen LogP contribution in [0.15, 0.2) is 16.7 Å². The van der Waals surface area contributed by atoms with E-state index in [9.17, 15) is 9.59 Å². The summed E-state index contributed by atoms with van der Waals surface area (Å²) in [6, 6.07) is 1.21. The molecule has 1 aromatic rings. The van der Waals surface area contributed by atoms with Gasteiger partial charge in [0, 0.05) is 30.3 Å². The zero-order chi connectivity index (χ0) is 15.6. The largest absolute Gasteiger partial charge is 0.377 e. The highest BCUT2D eigenvalue weighted by Crippen LogP contribution is 2.18. The molecule has 0 radical (unpaired) electrons. The number of carbonyl (C=O) groups excluding carboxylic acids is 2. The fourth-order valence-electron chi connectivity index (χ4n) is 2.33. The summed E-state index contributed by atoms with van der Waals surface area (Å²) < 4.78 is 7.95. The second kappa shape index (κ2) is 6.62. The zero-order valence-electron chi connectivity index (χ0n) is 12.4. The number of amides is 2. The van der Waals surface area contributed by atoms with Gasteiger partial charge in [0.1, 0.15) is 11.7 Å². The van der Waals surface area contributed by atoms with E-state index >= 15 is 0 Å². The van der Waals surface area contributed by atoms with Crippen molar-refractivity contribution in [1.29, 1.82) is 0 Å². The van der Waals surface area contributed by atoms with E-state index in [0.29, 0.717) is 18.8 Å². The van der Waals surface area contributed by atoms with Crippen LogP contribution in [-0.4, -0.2) is 53.1 Å². The van der Waals surface area contributed by atoms with E-state index in [0.717, 1.165) is 4.47 Å². The van der Waals surface area contributed by atoms with Gasteiger partial charge in [-0.25, -0.2) is 0 Å². The maximum atomic E-state index is 12.7. The molecule has 1 aromatic heterocycles. The van der Waals surface area contributed by atoms with Gasteiger partial charge >= 0.3 is 0 Å². The Balaban J connectivity index is 2.20. The van der Waals surface area contributed by atoms with Crippen LogP contribution in [0.25, 0.3) is 0 Å². The minimum atomic E-state index is -0.581. The number of aryl methyl sites for hydroxylation is 1. The predicted octanol–water partition coefficient (Wildman–Crippen LogP) is 1.15. The average Bonchev–Trinajstić information content (AvgIpc) is 2.76. The molecule has 2 amide bonds. The van der Waals surface area contributed by atoms with Crippen molar-refractivity contribution in [2.24, 2.45) is 7.05 Å². The standard InChI is InChI=1S/C14H20BrN3O3/c1-9(2)16-13(19)12-8-21-5-4-18(12)14(20)11-6-10(15)7-17(11)3/h6-7,9,12H,4-5,8H2,1-3H3,(H,16,19). The highest BCUT2D eigenvalue weighted by atomic mass is 79.9. The number of hydrogen-bond acceptors (Lipinski definition) is 3. The van der Waals surface area contributed by atoms with E-state index in [1.807, 2.05) is 27.1 Å². The maximum Gasteiger partial charge on any atom is 0.271 e. The molecule has 1 aliphatic rings. The predicted molar refractivity (Wildman–Crippen MR) is 82.0 cm³/mol. The van der Waals surface area contributed by atoms with Crippen LogP contribution >= 0.6 is 15.9 Å². The third kappa shape index (κ3) is 3.65. The molecule has 7 heteroatoms. The maximum absolute atomic E-state index is 12.7. The van der Waals surface area contributed by atoms with Gasteiger partial charge in [0.05, 0.1) is 13.2 Å². The molecule has 0 spiro atoms. The molecule has 0 aromatic carbocycles. The molecule has 1 N–H and O–H groups in total. The van der Waals surface area contributed by atoms with Crippen molar-refractivity contribution in [3.63, 3.8) is 0 Å². The van der Waals surface area contributed by atoms with Crippen LogP contribution in [0.1, 0.15) is 24.3 Å². The molecule has 0 bridgehead atoms. The molecule has 1 aliphatic heterocycles. The third-order valence-electron chi connectivity index (χ3n) is 3.31. The Morgan fingerprint density at radius 2 is 2.19 bits per heavy atom. The van der Waals surface area contributed by atoms with Gasteiger partial charge in [-0.2, -0.15) is 0 Å². The first kappa shape index (κ1) is 16.0. The van der Waals surface area contributed by atoms with E-state index in [1.54, 1.807) is 15.5 Å². The van der Waals surface area contributed by atoms with Crippen LogP contribution in [0.5, 0.6) is 0 Å². The van der Waals surface area contributed by atoms with Crippen molar-refractivity contribution in [1.82, 2.24) is 14.8 Å². The molecule has 116 valence electrons. The number of morpholine rings is 1. The summed E-state index contributed by atoms with van der Waals surface area (Å²) >= 11 is 3.36. The molecule has 1 atom stereocenters. The number of aromatic nitrogens is 1. The second-order valence-corrected chi connectivity index (χ2v) is 6.32. The summed E-state index contributed by atoms with van der Waals surface area (Å²) in [6.07, 6.45) is 1.82. The topological polar surface area (TPSA) is 63.6 Å². The van der Waals surface area contributed by atoms with Gasteiger partial charge in [0.15, 0.2) is 0 Å².